The Hall–Kier alpha value is -1.10. The number of hydrogen-bond donors (Lipinski definition) is 1. The van der Waals surface area contributed by atoms with Gasteiger partial charge in [0.05, 0.1) is 6.54 Å². The van der Waals surface area contributed by atoms with Crippen LogP contribution in [-0.2, 0) is 19.5 Å². The van der Waals surface area contributed by atoms with E-state index in [2.05, 4.69) is 47.8 Å². The van der Waals surface area contributed by atoms with Gasteiger partial charge in [-0.1, -0.05) is 13.0 Å². The Kier molecular flexibility index (Phi) is 5.83. The third-order valence-corrected chi connectivity index (χ3v) is 4.32. The monoisotopic (exact) mass is 292 g/mol. The van der Waals surface area contributed by atoms with Crippen molar-refractivity contribution in [3.63, 3.8) is 0 Å². The molecule has 0 saturated heterocycles. The van der Waals surface area contributed by atoms with Gasteiger partial charge >= 0.3 is 0 Å². The van der Waals surface area contributed by atoms with Crippen molar-refractivity contribution in [3.05, 3.63) is 45.5 Å². The Bertz CT molecular complexity index is 505. The lowest BCUT2D eigenvalue weighted by Gasteiger charge is -2.14. The Labute approximate surface area is 125 Å². The average molecular weight is 292 g/mol. The van der Waals surface area contributed by atoms with Crippen molar-refractivity contribution in [1.29, 1.82) is 0 Å². The molecule has 0 aliphatic rings. The summed E-state index contributed by atoms with van der Waals surface area (Å²) in [5.41, 5.74) is 1.27. The first kappa shape index (κ1) is 15.3. The lowest BCUT2D eigenvalue weighted by Crippen LogP contribution is -2.20. The third-order valence-electron chi connectivity index (χ3n) is 3.38. The molecular formula is C16H24N2OS. The molecule has 2 aromatic heterocycles. The van der Waals surface area contributed by atoms with Gasteiger partial charge in [0.15, 0.2) is 0 Å². The van der Waals surface area contributed by atoms with Crippen LogP contribution in [0.3, 0.4) is 0 Å². The SMILES string of the molecule is CCNCc1cc(CN(C)CCc2cccs2)oc1C. The molecule has 0 aliphatic heterocycles. The fraction of sp³-hybridized carbons (Fsp3) is 0.500. The van der Waals surface area contributed by atoms with E-state index in [1.807, 2.05) is 18.3 Å². The van der Waals surface area contributed by atoms with Crippen molar-refractivity contribution in [3.8, 4) is 0 Å². The van der Waals surface area contributed by atoms with Crippen LogP contribution in [0.4, 0.5) is 0 Å². The Morgan fingerprint density at radius 3 is 2.95 bits per heavy atom. The molecule has 0 unspecified atom stereocenters. The van der Waals surface area contributed by atoms with Crippen LogP contribution in [0.2, 0.25) is 0 Å². The maximum atomic E-state index is 5.84. The minimum Gasteiger partial charge on any atom is -0.465 e. The molecule has 0 aromatic carbocycles. The van der Waals surface area contributed by atoms with Gasteiger partial charge in [-0.15, -0.1) is 11.3 Å². The number of nitrogens with one attached hydrogen (secondary N) is 1. The molecule has 4 heteroatoms. The van der Waals surface area contributed by atoms with Gasteiger partial charge in [-0.2, -0.15) is 0 Å². The summed E-state index contributed by atoms with van der Waals surface area (Å²) < 4.78 is 5.84. The number of nitrogens with zero attached hydrogens (tertiary/aromatic N) is 1. The molecule has 1 N–H and O–H groups in total. The molecule has 0 bridgehead atoms. The number of aryl methyl sites for hydroxylation is 1. The Morgan fingerprint density at radius 1 is 1.40 bits per heavy atom. The predicted octanol–water partition coefficient (Wildman–Crippen LogP) is 3.43. The number of thiophene rings is 1. The fourth-order valence-electron chi connectivity index (χ4n) is 2.20. The highest BCUT2D eigenvalue weighted by molar-refractivity contribution is 7.09. The summed E-state index contributed by atoms with van der Waals surface area (Å²) in [5.74, 6) is 2.09. The molecule has 20 heavy (non-hydrogen) atoms. The summed E-state index contributed by atoms with van der Waals surface area (Å²) in [6.45, 7) is 7.98. The van der Waals surface area contributed by atoms with E-state index >= 15 is 0 Å². The van der Waals surface area contributed by atoms with E-state index in [-0.39, 0.29) is 0 Å². The van der Waals surface area contributed by atoms with Gasteiger partial charge in [0.25, 0.3) is 0 Å². The summed E-state index contributed by atoms with van der Waals surface area (Å²) in [4.78, 5) is 3.76. The zero-order chi connectivity index (χ0) is 14.4. The van der Waals surface area contributed by atoms with E-state index in [4.69, 9.17) is 4.42 Å². The quantitative estimate of drug-likeness (QED) is 0.808. The lowest BCUT2D eigenvalue weighted by atomic mass is 10.2. The summed E-state index contributed by atoms with van der Waals surface area (Å²) >= 11 is 1.83. The topological polar surface area (TPSA) is 28.4 Å². The normalized spacial score (nSPS) is 11.4. The second kappa shape index (κ2) is 7.62. The van der Waals surface area contributed by atoms with Gasteiger partial charge in [0, 0.05) is 23.5 Å². The standard InChI is InChI=1S/C16H24N2OS/c1-4-17-11-14-10-15(19-13(14)2)12-18(3)8-7-16-6-5-9-20-16/h5-6,9-10,17H,4,7-8,11-12H2,1-3H3. The first-order chi connectivity index (χ1) is 9.69. The number of hydrogen-bond acceptors (Lipinski definition) is 4. The number of likely N-dealkylation sites (N-methyl/N-ethyl adjacent to an activating group) is 1. The van der Waals surface area contributed by atoms with Crippen molar-refractivity contribution in [2.24, 2.45) is 0 Å². The molecule has 3 nitrogen and oxygen atoms in total. The maximum absolute atomic E-state index is 5.84. The van der Waals surface area contributed by atoms with E-state index in [1.54, 1.807) is 0 Å². The highest BCUT2D eigenvalue weighted by Crippen LogP contribution is 2.16. The van der Waals surface area contributed by atoms with Gasteiger partial charge in [0.2, 0.25) is 0 Å². The van der Waals surface area contributed by atoms with E-state index in [1.165, 1.54) is 10.4 Å². The van der Waals surface area contributed by atoms with Gasteiger partial charge in [-0.05, 0) is 44.4 Å². The van der Waals surface area contributed by atoms with Gasteiger partial charge in [-0.25, -0.2) is 0 Å². The first-order valence-electron chi connectivity index (χ1n) is 7.19. The summed E-state index contributed by atoms with van der Waals surface area (Å²) in [6.07, 6.45) is 1.11. The van der Waals surface area contributed by atoms with Crippen molar-refractivity contribution < 1.29 is 4.42 Å². The molecule has 0 spiro atoms. The molecular weight excluding hydrogens is 268 g/mol. The minimum atomic E-state index is 0.873. The van der Waals surface area contributed by atoms with Crippen LogP contribution < -0.4 is 5.32 Å². The van der Waals surface area contributed by atoms with Crippen molar-refractivity contribution in [2.75, 3.05) is 20.1 Å². The largest absolute Gasteiger partial charge is 0.465 e. The zero-order valence-corrected chi connectivity index (χ0v) is 13.4. The average Bonchev–Trinajstić information content (AvgIpc) is 3.04. The minimum absolute atomic E-state index is 0.873. The van der Waals surface area contributed by atoms with Crippen LogP contribution >= 0.6 is 11.3 Å². The van der Waals surface area contributed by atoms with E-state index in [0.717, 1.165) is 44.1 Å². The fourth-order valence-corrected chi connectivity index (χ4v) is 2.90. The molecule has 0 atom stereocenters. The Balaban J connectivity index is 1.82. The first-order valence-corrected chi connectivity index (χ1v) is 8.06. The molecule has 0 saturated carbocycles. The van der Waals surface area contributed by atoms with Gasteiger partial charge < -0.3 is 9.73 Å². The second-order valence-electron chi connectivity index (χ2n) is 5.14. The predicted molar refractivity (Wildman–Crippen MR) is 85.2 cm³/mol. The summed E-state index contributed by atoms with van der Waals surface area (Å²) in [7, 11) is 2.15. The molecule has 0 fully saturated rings. The van der Waals surface area contributed by atoms with Crippen LogP contribution in [0, 0.1) is 6.92 Å². The summed E-state index contributed by atoms with van der Waals surface area (Å²) in [6, 6.07) is 6.49. The van der Waals surface area contributed by atoms with Crippen molar-refractivity contribution in [2.45, 2.75) is 33.4 Å². The highest BCUT2D eigenvalue weighted by atomic mass is 32.1. The number of rotatable bonds is 8. The van der Waals surface area contributed by atoms with Crippen molar-refractivity contribution >= 4 is 11.3 Å². The van der Waals surface area contributed by atoms with E-state index in [9.17, 15) is 0 Å². The molecule has 2 rings (SSSR count). The van der Waals surface area contributed by atoms with Crippen LogP contribution in [0.15, 0.2) is 28.0 Å². The van der Waals surface area contributed by atoms with Crippen LogP contribution in [0.25, 0.3) is 0 Å². The van der Waals surface area contributed by atoms with Crippen molar-refractivity contribution in [1.82, 2.24) is 10.2 Å². The smallest absolute Gasteiger partial charge is 0.118 e. The summed E-state index contributed by atoms with van der Waals surface area (Å²) in [5, 5.41) is 5.48. The van der Waals surface area contributed by atoms with E-state index < -0.39 is 0 Å². The zero-order valence-electron chi connectivity index (χ0n) is 12.6. The van der Waals surface area contributed by atoms with Crippen LogP contribution in [-0.4, -0.2) is 25.0 Å². The lowest BCUT2D eigenvalue weighted by molar-refractivity contribution is 0.296. The highest BCUT2D eigenvalue weighted by Gasteiger charge is 2.09. The molecule has 0 aliphatic carbocycles. The molecule has 110 valence electrons. The van der Waals surface area contributed by atoms with Gasteiger partial charge in [-0.3, -0.25) is 4.90 Å². The van der Waals surface area contributed by atoms with Crippen LogP contribution in [0.5, 0.6) is 0 Å². The maximum Gasteiger partial charge on any atom is 0.118 e. The molecule has 2 heterocycles. The third kappa shape index (κ3) is 4.47. The van der Waals surface area contributed by atoms with E-state index in [0.29, 0.717) is 0 Å². The van der Waals surface area contributed by atoms with Gasteiger partial charge in [0.1, 0.15) is 11.5 Å². The molecule has 2 aromatic rings. The molecule has 0 radical (unpaired) electrons. The number of furan rings is 1. The van der Waals surface area contributed by atoms with Crippen LogP contribution in [0.1, 0.15) is 28.9 Å². The Morgan fingerprint density at radius 2 is 2.25 bits per heavy atom. The molecule has 0 amide bonds. The second-order valence-corrected chi connectivity index (χ2v) is 6.17.